The predicted molar refractivity (Wildman–Crippen MR) is 57.2 cm³/mol. The molecule has 1 unspecified atom stereocenters. The van der Waals surface area contributed by atoms with Crippen molar-refractivity contribution >= 4 is 11.9 Å². The van der Waals surface area contributed by atoms with Crippen molar-refractivity contribution < 1.29 is 19.4 Å². The van der Waals surface area contributed by atoms with Gasteiger partial charge in [-0.1, -0.05) is 12.1 Å². The lowest BCUT2D eigenvalue weighted by molar-refractivity contribution is -0.140. The SMILES string of the molecule is COc1ccc(C(CC(N)=O)C(=O)O)cc1. The average molecular weight is 223 g/mol. The maximum Gasteiger partial charge on any atom is 0.311 e. The van der Waals surface area contributed by atoms with Crippen molar-refractivity contribution in [2.75, 3.05) is 7.11 Å². The molecule has 0 spiro atoms. The van der Waals surface area contributed by atoms with Crippen LogP contribution in [-0.2, 0) is 9.59 Å². The van der Waals surface area contributed by atoms with Crippen molar-refractivity contribution in [3.63, 3.8) is 0 Å². The van der Waals surface area contributed by atoms with Gasteiger partial charge in [0.1, 0.15) is 5.75 Å². The number of hydrogen-bond donors (Lipinski definition) is 2. The second kappa shape index (κ2) is 5.16. The van der Waals surface area contributed by atoms with Crippen molar-refractivity contribution in [3.05, 3.63) is 29.8 Å². The first-order chi connectivity index (χ1) is 7.54. The molecule has 3 N–H and O–H groups in total. The summed E-state index contributed by atoms with van der Waals surface area (Å²) in [6.45, 7) is 0. The normalized spacial score (nSPS) is 11.8. The van der Waals surface area contributed by atoms with Gasteiger partial charge in [0.2, 0.25) is 5.91 Å². The summed E-state index contributed by atoms with van der Waals surface area (Å²) in [6.07, 6.45) is -0.207. The zero-order chi connectivity index (χ0) is 12.1. The highest BCUT2D eigenvalue weighted by Gasteiger charge is 2.21. The minimum absolute atomic E-state index is 0.207. The molecule has 0 aliphatic rings. The zero-order valence-corrected chi connectivity index (χ0v) is 8.84. The summed E-state index contributed by atoms with van der Waals surface area (Å²) in [5.41, 5.74) is 5.53. The van der Waals surface area contributed by atoms with E-state index in [0.29, 0.717) is 11.3 Å². The Kier molecular flexibility index (Phi) is 3.88. The van der Waals surface area contributed by atoms with E-state index in [2.05, 4.69) is 0 Å². The van der Waals surface area contributed by atoms with E-state index in [4.69, 9.17) is 15.6 Å². The van der Waals surface area contributed by atoms with E-state index in [1.165, 1.54) is 7.11 Å². The number of primary amides is 1. The molecule has 5 nitrogen and oxygen atoms in total. The average Bonchev–Trinajstić information content (AvgIpc) is 2.25. The smallest absolute Gasteiger partial charge is 0.311 e. The third kappa shape index (κ3) is 2.98. The van der Waals surface area contributed by atoms with Crippen LogP contribution in [0.2, 0.25) is 0 Å². The molecule has 0 bridgehead atoms. The molecule has 86 valence electrons. The van der Waals surface area contributed by atoms with Gasteiger partial charge >= 0.3 is 5.97 Å². The van der Waals surface area contributed by atoms with Crippen LogP contribution in [0.4, 0.5) is 0 Å². The number of carbonyl (C=O) groups excluding carboxylic acids is 1. The molecule has 0 heterocycles. The van der Waals surface area contributed by atoms with Crippen LogP contribution < -0.4 is 10.5 Å². The number of methoxy groups -OCH3 is 1. The van der Waals surface area contributed by atoms with Gasteiger partial charge in [0.25, 0.3) is 0 Å². The van der Waals surface area contributed by atoms with E-state index in [1.54, 1.807) is 24.3 Å². The molecule has 1 aromatic carbocycles. The van der Waals surface area contributed by atoms with E-state index >= 15 is 0 Å². The van der Waals surface area contributed by atoms with Crippen LogP contribution in [-0.4, -0.2) is 24.1 Å². The number of carbonyl (C=O) groups is 2. The molecule has 1 atom stereocenters. The fourth-order valence-electron chi connectivity index (χ4n) is 1.39. The molecule has 1 amide bonds. The molecule has 1 aromatic rings. The van der Waals surface area contributed by atoms with Crippen LogP contribution in [0.3, 0.4) is 0 Å². The highest BCUT2D eigenvalue weighted by atomic mass is 16.5. The van der Waals surface area contributed by atoms with Crippen LogP contribution >= 0.6 is 0 Å². The Morgan fingerprint density at radius 2 is 1.94 bits per heavy atom. The van der Waals surface area contributed by atoms with Gasteiger partial charge in [-0.25, -0.2) is 0 Å². The van der Waals surface area contributed by atoms with Gasteiger partial charge in [-0.3, -0.25) is 9.59 Å². The zero-order valence-electron chi connectivity index (χ0n) is 8.84. The van der Waals surface area contributed by atoms with Gasteiger partial charge in [-0.05, 0) is 17.7 Å². The lowest BCUT2D eigenvalue weighted by Gasteiger charge is -2.11. The number of nitrogens with two attached hydrogens (primary N) is 1. The Bertz CT molecular complexity index is 385. The topological polar surface area (TPSA) is 89.6 Å². The van der Waals surface area contributed by atoms with E-state index in [-0.39, 0.29) is 6.42 Å². The number of rotatable bonds is 5. The maximum atomic E-state index is 11.0. The molecule has 0 aliphatic heterocycles. The molecular weight excluding hydrogens is 210 g/mol. The number of aliphatic carboxylic acids is 1. The van der Waals surface area contributed by atoms with Gasteiger partial charge in [-0.2, -0.15) is 0 Å². The summed E-state index contributed by atoms with van der Waals surface area (Å²) >= 11 is 0. The molecule has 0 fully saturated rings. The van der Waals surface area contributed by atoms with E-state index < -0.39 is 17.8 Å². The first-order valence-corrected chi connectivity index (χ1v) is 4.69. The highest BCUT2D eigenvalue weighted by Crippen LogP contribution is 2.22. The highest BCUT2D eigenvalue weighted by molar-refractivity contribution is 5.84. The van der Waals surface area contributed by atoms with Crippen molar-refractivity contribution in [2.24, 2.45) is 5.73 Å². The predicted octanol–water partition coefficient (Wildman–Crippen LogP) is 0.739. The molecule has 0 aromatic heterocycles. The van der Waals surface area contributed by atoms with Crippen LogP contribution in [0, 0.1) is 0 Å². The molecular formula is C11H13NO4. The fraction of sp³-hybridized carbons (Fsp3) is 0.273. The standard InChI is InChI=1S/C11H13NO4/c1-16-8-4-2-7(3-5-8)9(11(14)15)6-10(12)13/h2-5,9H,6H2,1H3,(H2,12,13)(H,14,15). The Labute approximate surface area is 92.8 Å². The van der Waals surface area contributed by atoms with Crippen molar-refractivity contribution in [3.8, 4) is 5.75 Å². The second-order valence-corrected chi connectivity index (χ2v) is 3.33. The van der Waals surface area contributed by atoms with Crippen molar-refractivity contribution in [1.29, 1.82) is 0 Å². The summed E-state index contributed by atoms with van der Waals surface area (Å²) in [5.74, 6) is -1.97. The van der Waals surface area contributed by atoms with Crippen LogP contribution in [0.15, 0.2) is 24.3 Å². The molecule has 16 heavy (non-hydrogen) atoms. The molecule has 0 aliphatic carbocycles. The van der Waals surface area contributed by atoms with Crippen LogP contribution in [0.25, 0.3) is 0 Å². The molecule has 5 heteroatoms. The van der Waals surface area contributed by atoms with Gasteiger partial charge in [0, 0.05) is 6.42 Å². The molecule has 0 saturated heterocycles. The van der Waals surface area contributed by atoms with Crippen molar-refractivity contribution in [1.82, 2.24) is 0 Å². The lowest BCUT2D eigenvalue weighted by atomic mass is 9.95. The Morgan fingerprint density at radius 3 is 2.31 bits per heavy atom. The van der Waals surface area contributed by atoms with E-state index in [0.717, 1.165) is 0 Å². The van der Waals surface area contributed by atoms with Crippen molar-refractivity contribution in [2.45, 2.75) is 12.3 Å². The van der Waals surface area contributed by atoms with Gasteiger partial charge in [0.05, 0.1) is 13.0 Å². The van der Waals surface area contributed by atoms with Gasteiger partial charge < -0.3 is 15.6 Å². The summed E-state index contributed by atoms with van der Waals surface area (Å²) < 4.78 is 4.95. The summed E-state index contributed by atoms with van der Waals surface area (Å²) in [5, 5.41) is 8.96. The third-order valence-corrected chi connectivity index (χ3v) is 2.22. The first-order valence-electron chi connectivity index (χ1n) is 4.69. The minimum Gasteiger partial charge on any atom is -0.497 e. The monoisotopic (exact) mass is 223 g/mol. The lowest BCUT2D eigenvalue weighted by Crippen LogP contribution is -2.20. The maximum absolute atomic E-state index is 11.0. The molecule has 1 rings (SSSR count). The molecule has 0 radical (unpaired) electrons. The number of benzene rings is 1. The molecule has 0 saturated carbocycles. The number of ether oxygens (including phenoxy) is 1. The summed E-state index contributed by atoms with van der Waals surface area (Å²) in [4.78, 5) is 21.7. The number of amides is 1. The Hall–Kier alpha value is -2.04. The summed E-state index contributed by atoms with van der Waals surface area (Å²) in [7, 11) is 1.52. The first kappa shape index (κ1) is 12.0. The Morgan fingerprint density at radius 1 is 1.38 bits per heavy atom. The largest absolute Gasteiger partial charge is 0.497 e. The summed E-state index contributed by atoms with van der Waals surface area (Å²) in [6, 6.07) is 6.51. The Balaban J connectivity index is 2.92. The van der Waals surface area contributed by atoms with Crippen LogP contribution in [0.5, 0.6) is 5.75 Å². The number of carboxylic acid groups (broad SMARTS) is 1. The van der Waals surface area contributed by atoms with Crippen LogP contribution in [0.1, 0.15) is 17.9 Å². The fourth-order valence-corrected chi connectivity index (χ4v) is 1.39. The van der Waals surface area contributed by atoms with E-state index in [1.807, 2.05) is 0 Å². The van der Waals surface area contributed by atoms with Gasteiger partial charge in [0.15, 0.2) is 0 Å². The number of carboxylic acids is 1. The minimum atomic E-state index is -1.07. The quantitative estimate of drug-likeness (QED) is 0.770. The van der Waals surface area contributed by atoms with Gasteiger partial charge in [-0.15, -0.1) is 0 Å². The second-order valence-electron chi connectivity index (χ2n) is 3.33. The van der Waals surface area contributed by atoms with E-state index in [9.17, 15) is 9.59 Å². The third-order valence-electron chi connectivity index (χ3n) is 2.22. The number of hydrogen-bond acceptors (Lipinski definition) is 3.